The van der Waals surface area contributed by atoms with Crippen molar-refractivity contribution in [3.05, 3.63) is 63.3 Å². The van der Waals surface area contributed by atoms with E-state index in [1.807, 2.05) is 4.90 Å². The first-order valence-electron chi connectivity index (χ1n) is 7.47. The third-order valence-corrected chi connectivity index (χ3v) is 7.31. The Morgan fingerprint density at radius 3 is 2.65 bits per heavy atom. The Kier molecular flexibility index (Phi) is 4.25. The average Bonchev–Trinajstić information content (AvgIpc) is 3.25. The summed E-state index contributed by atoms with van der Waals surface area (Å²) in [6.07, 6.45) is 1.55. The van der Waals surface area contributed by atoms with Gasteiger partial charge in [-0.1, -0.05) is 0 Å². The Morgan fingerprint density at radius 2 is 1.96 bits per heavy atom. The second-order valence-electron chi connectivity index (χ2n) is 5.46. The Labute approximate surface area is 161 Å². The predicted molar refractivity (Wildman–Crippen MR) is 104 cm³/mol. The van der Waals surface area contributed by atoms with Crippen molar-refractivity contribution in [2.75, 3.05) is 16.3 Å². The molecule has 26 heavy (non-hydrogen) atoms. The molecular weight excluding hydrogens is 440 g/mol. The van der Waals surface area contributed by atoms with Crippen LogP contribution in [-0.4, -0.2) is 15.1 Å². The summed E-state index contributed by atoms with van der Waals surface area (Å²) >= 11 is 4.42. The number of thiophene rings is 1. The summed E-state index contributed by atoms with van der Waals surface area (Å²) in [7, 11) is -3.61. The van der Waals surface area contributed by atoms with Gasteiger partial charge in [-0.05, 0) is 58.4 Å². The topological polar surface area (TPSA) is 101 Å². The lowest BCUT2D eigenvalue weighted by molar-refractivity contribution is 0.500. The van der Waals surface area contributed by atoms with E-state index in [0.29, 0.717) is 23.7 Å². The Morgan fingerprint density at radius 1 is 1.19 bits per heavy atom. The van der Waals surface area contributed by atoms with Crippen molar-refractivity contribution in [2.24, 2.45) is 10.7 Å². The van der Waals surface area contributed by atoms with Crippen molar-refractivity contribution >= 4 is 54.5 Å². The summed E-state index contributed by atoms with van der Waals surface area (Å²) < 4.78 is 33.6. The largest absolute Gasteiger partial charge is 0.446 e. The van der Waals surface area contributed by atoms with Gasteiger partial charge in [-0.25, -0.2) is 13.4 Å². The Bertz CT molecular complexity index is 1180. The minimum Gasteiger partial charge on any atom is -0.446 e. The normalized spacial score (nSPS) is 14.0. The molecule has 1 aliphatic rings. The lowest BCUT2D eigenvalue weighted by Gasteiger charge is -2.24. The fraction of sp³-hybridized carbons (Fsp3) is 0.0625. The van der Waals surface area contributed by atoms with E-state index in [2.05, 4.69) is 25.6 Å². The summed E-state index contributed by atoms with van der Waals surface area (Å²) in [4.78, 5) is 6.15. The van der Waals surface area contributed by atoms with E-state index in [4.69, 9.17) is 10.2 Å². The Balaban J connectivity index is 1.58. The van der Waals surface area contributed by atoms with Crippen LogP contribution in [0.5, 0.6) is 0 Å². The fourth-order valence-electron chi connectivity index (χ4n) is 2.55. The number of halogens is 1. The zero-order valence-corrected chi connectivity index (χ0v) is 16.4. The maximum Gasteiger partial charge on any atom is 0.271 e. The summed E-state index contributed by atoms with van der Waals surface area (Å²) in [6, 6.07) is 12.0. The van der Waals surface area contributed by atoms with Crippen LogP contribution in [0.1, 0.15) is 0 Å². The number of nitrogens with two attached hydrogens (primary N) is 1. The van der Waals surface area contributed by atoms with Gasteiger partial charge in [0.2, 0.25) is 5.55 Å². The van der Waals surface area contributed by atoms with Crippen LogP contribution < -0.4 is 26.1 Å². The zero-order valence-electron chi connectivity index (χ0n) is 13.2. The van der Waals surface area contributed by atoms with Crippen molar-refractivity contribution in [3.63, 3.8) is 0 Å². The standard InChI is InChI=1S/C16H13BrN4O3S2/c17-13-5-6-14(25-13)26(22,23)20-10-1-3-11(4-2-10)21-9-19-16-12(15(21)18)7-8-24-16/h1-8,20H,9,18H2. The van der Waals surface area contributed by atoms with E-state index < -0.39 is 10.0 Å². The molecule has 7 nitrogen and oxygen atoms in total. The number of sulfonamides is 1. The van der Waals surface area contributed by atoms with Crippen LogP contribution in [0.2, 0.25) is 0 Å². The molecule has 0 radical (unpaired) electrons. The molecule has 134 valence electrons. The average molecular weight is 453 g/mol. The van der Waals surface area contributed by atoms with E-state index >= 15 is 0 Å². The van der Waals surface area contributed by atoms with Gasteiger partial charge in [0.05, 0.1) is 15.3 Å². The molecular formula is C16H13BrN4O3S2. The highest BCUT2D eigenvalue weighted by atomic mass is 79.9. The van der Waals surface area contributed by atoms with Gasteiger partial charge in [0.15, 0.2) is 0 Å². The molecule has 3 aromatic rings. The van der Waals surface area contributed by atoms with Crippen LogP contribution in [-0.2, 0) is 10.0 Å². The first kappa shape index (κ1) is 17.1. The number of benzene rings is 1. The number of anilines is 2. The molecule has 1 aliphatic heterocycles. The predicted octanol–water partition coefficient (Wildman–Crippen LogP) is 2.03. The van der Waals surface area contributed by atoms with Crippen molar-refractivity contribution in [1.82, 2.24) is 0 Å². The maximum atomic E-state index is 12.4. The van der Waals surface area contributed by atoms with Gasteiger partial charge >= 0.3 is 0 Å². The molecule has 4 rings (SSSR count). The summed E-state index contributed by atoms with van der Waals surface area (Å²) in [5, 5.41) is 0.740. The lowest BCUT2D eigenvalue weighted by Crippen LogP contribution is -2.42. The monoisotopic (exact) mass is 452 g/mol. The van der Waals surface area contributed by atoms with E-state index in [-0.39, 0.29) is 4.21 Å². The van der Waals surface area contributed by atoms with Crippen molar-refractivity contribution in [3.8, 4) is 0 Å². The molecule has 2 aromatic heterocycles. The number of nitrogens with zero attached hydrogens (tertiary/aromatic N) is 2. The molecule has 0 spiro atoms. The van der Waals surface area contributed by atoms with Crippen LogP contribution >= 0.6 is 27.3 Å². The molecule has 0 unspecified atom stereocenters. The molecule has 0 aliphatic carbocycles. The molecule has 1 aromatic carbocycles. The van der Waals surface area contributed by atoms with Crippen molar-refractivity contribution < 1.29 is 12.8 Å². The van der Waals surface area contributed by atoms with E-state index in [1.165, 1.54) is 0 Å². The highest BCUT2D eigenvalue weighted by Crippen LogP contribution is 2.28. The summed E-state index contributed by atoms with van der Waals surface area (Å²) in [5.41, 5.74) is 7.98. The quantitative estimate of drug-likeness (QED) is 0.630. The molecule has 0 fully saturated rings. The number of hydrogen-bond donors (Lipinski definition) is 2. The van der Waals surface area contributed by atoms with Crippen LogP contribution in [0.25, 0.3) is 5.82 Å². The Hall–Kier alpha value is -2.30. The van der Waals surface area contributed by atoms with E-state index in [0.717, 1.165) is 26.0 Å². The number of furan rings is 1. The maximum absolute atomic E-state index is 12.4. The lowest BCUT2D eigenvalue weighted by atomic mass is 10.2. The zero-order chi connectivity index (χ0) is 18.3. The third kappa shape index (κ3) is 3.11. The summed E-state index contributed by atoms with van der Waals surface area (Å²) in [5.74, 6) is 0.542. The van der Waals surface area contributed by atoms with Gasteiger partial charge in [0, 0.05) is 11.4 Å². The first-order chi connectivity index (χ1) is 12.4. The van der Waals surface area contributed by atoms with Gasteiger partial charge in [-0.3, -0.25) is 4.72 Å². The molecule has 0 bridgehead atoms. The van der Waals surface area contributed by atoms with Crippen LogP contribution in [0.3, 0.4) is 0 Å². The molecule has 0 saturated carbocycles. The van der Waals surface area contributed by atoms with Crippen LogP contribution in [0, 0.1) is 0 Å². The highest BCUT2D eigenvalue weighted by molar-refractivity contribution is 9.11. The molecule has 3 N–H and O–H groups in total. The minimum atomic E-state index is -3.61. The van der Waals surface area contributed by atoms with Crippen molar-refractivity contribution in [1.29, 1.82) is 0 Å². The van der Waals surface area contributed by atoms with E-state index in [9.17, 15) is 8.42 Å². The first-order valence-corrected chi connectivity index (χ1v) is 10.6. The molecule has 3 heterocycles. The number of nitrogens with one attached hydrogen (secondary N) is 1. The summed E-state index contributed by atoms with van der Waals surface area (Å²) in [6.45, 7) is 0.334. The second kappa shape index (κ2) is 6.45. The van der Waals surface area contributed by atoms with Gasteiger partial charge < -0.3 is 15.1 Å². The van der Waals surface area contributed by atoms with Crippen molar-refractivity contribution in [2.45, 2.75) is 4.21 Å². The van der Waals surface area contributed by atoms with Crippen LogP contribution in [0.4, 0.5) is 11.4 Å². The molecule has 10 heteroatoms. The third-order valence-electron chi connectivity index (χ3n) is 3.81. The number of fused-ring (bicyclic) bond motifs is 1. The second-order valence-corrected chi connectivity index (χ2v) is 9.84. The number of rotatable bonds is 4. The van der Waals surface area contributed by atoms with Gasteiger partial charge in [-0.2, -0.15) is 0 Å². The fourth-order valence-corrected chi connectivity index (χ4v) is 5.62. The van der Waals surface area contributed by atoms with Gasteiger partial charge in [0.25, 0.3) is 10.0 Å². The smallest absolute Gasteiger partial charge is 0.271 e. The van der Waals surface area contributed by atoms with Crippen LogP contribution in [0.15, 0.2) is 66.1 Å². The van der Waals surface area contributed by atoms with E-state index in [1.54, 1.807) is 48.7 Å². The van der Waals surface area contributed by atoms with Gasteiger partial charge in [0.1, 0.15) is 16.7 Å². The SMILES string of the molecule is NC1=c2ccoc2=NCN1c1ccc(NS(=O)(=O)c2ccc(Br)s2)cc1. The molecule has 0 saturated heterocycles. The molecule has 0 atom stereocenters. The highest BCUT2D eigenvalue weighted by Gasteiger charge is 2.18. The molecule has 0 amide bonds. The number of hydrogen-bond acceptors (Lipinski definition) is 7. The minimum absolute atomic E-state index is 0.244. The van der Waals surface area contributed by atoms with Gasteiger partial charge in [-0.15, -0.1) is 11.3 Å².